The lowest BCUT2D eigenvalue weighted by Gasteiger charge is -2.27. The molecule has 0 bridgehead atoms. The van der Waals surface area contributed by atoms with Crippen molar-refractivity contribution in [1.82, 2.24) is 9.55 Å². The van der Waals surface area contributed by atoms with Gasteiger partial charge in [0.2, 0.25) is 0 Å². The smallest absolute Gasteiger partial charge is 0.137 e. The Morgan fingerprint density at radius 2 is 0.961 bits per heavy atom. The van der Waals surface area contributed by atoms with Crippen molar-refractivity contribution in [3.05, 3.63) is 266 Å². The molecule has 0 N–H and O–H groups in total. The SMILES string of the molecule is Cc1cc(-n2c3ccc(-c4ccccc4)cc3c3cc(-c4ccccc4)c(Oc4cccc(N5CN(c6c(-c7ccccc7)cccc6-c6ccc(C(C)(C)C)cc6)c6ccccc65)c4)cc32)ncc1-c1ccccc1. The normalized spacial score (nSPS) is 12.4. The van der Waals surface area contributed by atoms with Gasteiger partial charge in [0.1, 0.15) is 24.0 Å². The van der Waals surface area contributed by atoms with E-state index in [0.717, 1.165) is 89.6 Å². The second-order valence-electron chi connectivity index (χ2n) is 20.9. The summed E-state index contributed by atoms with van der Waals surface area (Å²) < 4.78 is 9.57. The molecule has 0 fully saturated rings. The average Bonchev–Trinajstić information content (AvgIpc) is 4.05. The van der Waals surface area contributed by atoms with Crippen LogP contribution in [0.1, 0.15) is 31.9 Å². The maximum Gasteiger partial charge on any atom is 0.137 e. The molecule has 10 aromatic carbocycles. The fourth-order valence-corrected chi connectivity index (χ4v) is 11.2. The zero-order valence-corrected chi connectivity index (χ0v) is 43.2. The lowest BCUT2D eigenvalue weighted by molar-refractivity contribution is 0.485. The van der Waals surface area contributed by atoms with Gasteiger partial charge in [0.15, 0.2) is 0 Å². The maximum absolute atomic E-state index is 7.27. The predicted molar refractivity (Wildman–Crippen MR) is 318 cm³/mol. The van der Waals surface area contributed by atoms with Gasteiger partial charge in [-0.05, 0) is 105 Å². The van der Waals surface area contributed by atoms with E-state index in [1.54, 1.807) is 0 Å². The topological polar surface area (TPSA) is 33.5 Å². The molecule has 0 amide bonds. The molecule has 1 aliphatic rings. The Bertz CT molecular complexity index is 4090. The van der Waals surface area contributed by atoms with E-state index in [2.05, 4.69) is 291 Å². The zero-order chi connectivity index (χ0) is 51.3. The quantitative estimate of drug-likeness (QED) is 0.137. The van der Waals surface area contributed by atoms with Gasteiger partial charge in [0.25, 0.3) is 0 Å². The minimum Gasteiger partial charge on any atom is -0.457 e. The second kappa shape index (κ2) is 19.1. The number of aryl methyl sites for hydroxylation is 1. The molecule has 76 heavy (non-hydrogen) atoms. The third-order valence-corrected chi connectivity index (χ3v) is 15.0. The predicted octanol–water partition coefficient (Wildman–Crippen LogP) is 19.2. The number of fused-ring (bicyclic) bond motifs is 4. The Balaban J connectivity index is 0.935. The van der Waals surface area contributed by atoms with E-state index in [9.17, 15) is 0 Å². The van der Waals surface area contributed by atoms with Crippen molar-refractivity contribution < 1.29 is 4.74 Å². The summed E-state index contributed by atoms with van der Waals surface area (Å²) in [5, 5.41) is 2.26. The first-order chi connectivity index (χ1) is 37.2. The van der Waals surface area contributed by atoms with Crippen LogP contribution in [0, 0.1) is 6.92 Å². The van der Waals surface area contributed by atoms with Gasteiger partial charge in [-0.1, -0.05) is 209 Å². The summed E-state index contributed by atoms with van der Waals surface area (Å²) in [4.78, 5) is 10.1. The summed E-state index contributed by atoms with van der Waals surface area (Å²) in [5.74, 6) is 2.34. The maximum atomic E-state index is 7.27. The van der Waals surface area contributed by atoms with Crippen molar-refractivity contribution in [3.8, 4) is 73.0 Å². The fraction of sp³-hybridized carbons (Fsp3) is 0.0845. The molecular formula is C71H56N4O. The van der Waals surface area contributed by atoms with Gasteiger partial charge >= 0.3 is 0 Å². The molecule has 3 heterocycles. The van der Waals surface area contributed by atoms with Crippen LogP contribution in [0.15, 0.2) is 255 Å². The first-order valence-corrected chi connectivity index (χ1v) is 26.2. The highest BCUT2D eigenvalue weighted by Gasteiger charge is 2.32. The standard InChI is InChI=1S/C71H56N4O/c1-48-41-69(72-46-63(48)52-27-15-8-16-28-52)75-64-40-37-54(49-21-9-5-10-22-49)42-61(64)62-44-60(51-25-13-7-14-26-51)68(45-67(62)75)76-57-30-19-29-56(43-57)73-47-74(66-34-18-17-33-65(66)73)70-58(50-23-11-6-12-24-50)31-20-32-59(70)53-35-38-55(39-36-53)71(2,3)4/h5-46H,47H2,1-4H3. The Hall–Kier alpha value is -9.45. The van der Waals surface area contributed by atoms with Crippen LogP contribution < -0.4 is 14.5 Å². The van der Waals surface area contributed by atoms with Gasteiger partial charge in [-0.15, -0.1) is 0 Å². The molecule has 0 radical (unpaired) electrons. The van der Waals surface area contributed by atoms with Crippen molar-refractivity contribution >= 4 is 44.6 Å². The van der Waals surface area contributed by atoms with Crippen LogP contribution in [-0.2, 0) is 5.41 Å². The van der Waals surface area contributed by atoms with Gasteiger partial charge < -0.3 is 14.5 Å². The molecule has 5 heteroatoms. The Kier molecular flexibility index (Phi) is 11.7. The Morgan fingerprint density at radius 3 is 1.59 bits per heavy atom. The third kappa shape index (κ3) is 8.46. The summed E-state index contributed by atoms with van der Waals surface area (Å²) in [7, 11) is 0. The number of hydrogen-bond donors (Lipinski definition) is 0. The van der Waals surface area contributed by atoms with E-state index in [4.69, 9.17) is 9.72 Å². The minimum absolute atomic E-state index is 0.0511. The molecular weight excluding hydrogens is 925 g/mol. The number of nitrogens with zero attached hydrogens (tertiary/aromatic N) is 4. The van der Waals surface area contributed by atoms with Gasteiger partial charge in [-0.25, -0.2) is 4.98 Å². The number of aromatic nitrogens is 2. The number of anilines is 4. The van der Waals surface area contributed by atoms with Crippen molar-refractivity contribution in [3.63, 3.8) is 0 Å². The van der Waals surface area contributed by atoms with E-state index in [1.807, 2.05) is 6.20 Å². The van der Waals surface area contributed by atoms with E-state index >= 15 is 0 Å². The van der Waals surface area contributed by atoms with Gasteiger partial charge in [0.05, 0.1) is 28.1 Å². The first kappa shape index (κ1) is 46.3. The van der Waals surface area contributed by atoms with Crippen molar-refractivity contribution in [2.45, 2.75) is 33.1 Å². The molecule has 12 aromatic rings. The largest absolute Gasteiger partial charge is 0.457 e. The van der Waals surface area contributed by atoms with Gasteiger partial charge in [-0.2, -0.15) is 0 Å². The van der Waals surface area contributed by atoms with Crippen LogP contribution in [0.4, 0.5) is 22.7 Å². The summed E-state index contributed by atoms with van der Waals surface area (Å²) in [6, 6.07) is 89.2. The van der Waals surface area contributed by atoms with Gasteiger partial charge in [0, 0.05) is 57.0 Å². The molecule has 0 spiro atoms. The number of benzene rings is 10. The molecule has 2 aromatic heterocycles. The van der Waals surface area contributed by atoms with E-state index < -0.39 is 0 Å². The summed E-state index contributed by atoms with van der Waals surface area (Å²) in [6.07, 6.45) is 2.01. The zero-order valence-electron chi connectivity index (χ0n) is 43.2. The highest BCUT2D eigenvalue weighted by molar-refractivity contribution is 6.12. The van der Waals surface area contributed by atoms with Gasteiger partial charge in [-0.3, -0.25) is 4.57 Å². The fourth-order valence-electron chi connectivity index (χ4n) is 11.2. The molecule has 0 saturated heterocycles. The molecule has 0 unspecified atom stereocenters. The Morgan fingerprint density at radius 1 is 0.421 bits per heavy atom. The third-order valence-electron chi connectivity index (χ3n) is 15.0. The lowest BCUT2D eigenvalue weighted by Crippen LogP contribution is -2.25. The number of hydrogen-bond acceptors (Lipinski definition) is 4. The van der Waals surface area contributed by atoms with Crippen molar-refractivity contribution in [2.24, 2.45) is 0 Å². The van der Waals surface area contributed by atoms with Crippen LogP contribution in [0.25, 0.3) is 83.3 Å². The van der Waals surface area contributed by atoms with Crippen LogP contribution >= 0.6 is 0 Å². The van der Waals surface area contributed by atoms with Crippen LogP contribution in [-0.4, -0.2) is 16.2 Å². The molecule has 366 valence electrons. The number of ether oxygens (including phenoxy) is 1. The first-order valence-electron chi connectivity index (χ1n) is 26.2. The second-order valence-corrected chi connectivity index (χ2v) is 20.9. The molecule has 0 atom stereocenters. The highest BCUT2D eigenvalue weighted by Crippen LogP contribution is 2.51. The van der Waals surface area contributed by atoms with Crippen molar-refractivity contribution in [2.75, 3.05) is 16.5 Å². The Labute approximate surface area is 445 Å². The molecule has 0 aliphatic carbocycles. The monoisotopic (exact) mass is 980 g/mol. The van der Waals surface area contributed by atoms with E-state index in [1.165, 1.54) is 39.1 Å². The summed E-state index contributed by atoms with van der Waals surface area (Å²) in [5.41, 5.74) is 20.5. The summed E-state index contributed by atoms with van der Waals surface area (Å²) in [6.45, 7) is 9.59. The van der Waals surface area contributed by atoms with Crippen molar-refractivity contribution in [1.29, 1.82) is 0 Å². The minimum atomic E-state index is 0.0511. The lowest BCUT2D eigenvalue weighted by atomic mass is 9.86. The molecule has 1 aliphatic heterocycles. The van der Waals surface area contributed by atoms with Crippen LogP contribution in [0.2, 0.25) is 0 Å². The number of para-hydroxylation sites is 3. The number of rotatable bonds is 10. The molecule has 5 nitrogen and oxygen atoms in total. The van der Waals surface area contributed by atoms with Crippen LogP contribution in [0.5, 0.6) is 11.5 Å². The molecule has 13 rings (SSSR count). The van der Waals surface area contributed by atoms with E-state index in [0.29, 0.717) is 6.67 Å². The van der Waals surface area contributed by atoms with E-state index in [-0.39, 0.29) is 5.41 Å². The summed E-state index contributed by atoms with van der Waals surface area (Å²) >= 11 is 0. The number of pyridine rings is 1. The van der Waals surface area contributed by atoms with Crippen LogP contribution in [0.3, 0.4) is 0 Å². The average molecular weight is 981 g/mol. The highest BCUT2D eigenvalue weighted by atomic mass is 16.5. The molecule has 0 saturated carbocycles.